The first-order valence-electron chi connectivity index (χ1n) is 7.98. The minimum Gasteiger partial charge on any atom is -0.342 e. The minimum absolute atomic E-state index is 0.161. The lowest BCUT2D eigenvalue weighted by Crippen LogP contribution is -2.23. The highest BCUT2D eigenvalue weighted by Crippen LogP contribution is 2.19. The Morgan fingerprint density at radius 3 is 2.79 bits per heavy atom. The summed E-state index contributed by atoms with van der Waals surface area (Å²) in [6.45, 7) is 3.81. The Balaban J connectivity index is 1.82. The quantitative estimate of drug-likeness (QED) is 0.734. The molecule has 1 aliphatic rings. The van der Waals surface area contributed by atoms with Gasteiger partial charge in [-0.3, -0.25) is 9.78 Å². The summed E-state index contributed by atoms with van der Waals surface area (Å²) in [5.41, 5.74) is 3.00. The van der Waals surface area contributed by atoms with Crippen LogP contribution in [0.5, 0.6) is 0 Å². The van der Waals surface area contributed by atoms with Crippen molar-refractivity contribution >= 4 is 17.0 Å². The molecule has 1 fully saturated rings. The molecule has 24 heavy (non-hydrogen) atoms. The molecule has 4 rings (SSSR count). The molecular weight excluding hydrogens is 302 g/mol. The molecule has 1 aromatic carbocycles. The molecular formula is C18H17N5O. The number of rotatable bonds is 2. The van der Waals surface area contributed by atoms with Crippen molar-refractivity contribution in [2.45, 2.75) is 19.8 Å². The number of terminal acetylenes is 1. The summed E-state index contributed by atoms with van der Waals surface area (Å²) in [6, 6.07) is 5.70. The summed E-state index contributed by atoms with van der Waals surface area (Å²) in [7, 11) is 0. The third-order valence-electron chi connectivity index (χ3n) is 4.39. The van der Waals surface area contributed by atoms with Crippen molar-refractivity contribution in [1.82, 2.24) is 19.7 Å². The predicted molar refractivity (Wildman–Crippen MR) is 93.6 cm³/mol. The Kier molecular flexibility index (Phi) is 3.35. The van der Waals surface area contributed by atoms with Gasteiger partial charge in [0, 0.05) is 24.8 Å². The number of H-pyrrole nitrogens is 1. The van der Waals surface area contributed by atoms with E-state index in [2.05, 4.69) is 25.9 Å². The Hall–Kier alpha value is -3.07. The number of nitrogens with one attached hydrogen (secondary N) is 1. The summed E-state index contributed by atoms with van der Waals surface area (Å²) in [5.74, 6) is 3.22. The summed E-state index contributed by atoms with van der Waals surface area (Å²) < 4.78 is 1.69. The molecule has 2 aromatic heterocycles. The number of aromatic amines is 1. The monoisotopic (exact) mass is 319 g/mol. The van der Waals surface area contributed by atoms with Crippen LogP contribution >= 0.6 is 0 Å². The number of hydrogen-bond donors (Lipinski definition) is 1. The minimum atomic E-state index is -0.161. The standard InChI is InChI=1S/C18H17N5O/c1-3-13-6-7-15(12(2)10-13)23-11-14-16(21-23)19-18(20-17(14)24)22-8-4-5-9-22/h1,6-7,10-11H,4-5,8-9H2,2H3,(H,19,20,21,24). The number of fused-ring (bicyclic) bond motifs is 1. The van der Waals surface area contributed by atoms with E-state index in [1.807, 2.05) is 25.1 Å². The van der Waals surface area contributed by atoms with E-state index in [-0.39, 0.29) is 5.56 Å². The molecule has 0 aliphatic carbocycles. The molecule has 1 aliphatic heterocycles. The van der Waals surface area contributed by atoms with E-state index in [4.69, 9.17) is 6.42 Å². The number of aryl methyl sites for hydroxylation is 1. The van der Waals surface area contributed by atoms with Crippen molar-refractivity contribution in [2.24, 2.45) is 0 Å². The highest BCUT2D eigenvalue weighted by molar-refractivity contribution is 5.74. The summed E-state index contributed by atoms with van der Waals surface area (Å²) in [5, 5.41) is 4.98. The number of nitrogens with zero attached hydrogens (tertiary/aromatic N) is 4. The summed E-state index contributed by atoms with van der Waals surface area (Å²) >= 11 is 0. The number of benzene rings is 1. The van der Waals surface area contributed by atoms with E-state index in [1.165, 1.54) is 0 Å². The molecule has 6 nitrogen and oxygen atoms in total. The van der Waals surface area contributed by atoms with Gasteiger partial charge in [0.25, 0.3) is 5.56 Å². The molecule has 1 saturated heterocycles. The van der Waals surface area contributed by atoms with Crippen LogP contribution in [0.2, 0.25) is 0 Å². The number of aromatic nitrogens is 4. The van der Waals surface area contributed by atoms with Gasteiger partial charge < -0.3 is 4.90 Å². The van der Waals surface area contributed by atoms with Gasteiger partial charge >= 0.3 is 0 Å². The average Bonchev–Trinajstić information content (AvgIpc) is 3.24. The van der Waals surface area contributed by atoms with Gasteiger partial charge in [-0.2, -0.15) is 4.98 Å². The van der Waals surface area contributed by atoms with Crippen LogP contribution in [0.3, 0.4) is 0 Å². The molecule has 0 atom stereocenters. The van der Waals surface area contributed by atoms with Gasteiger partial charge in [-0.05, 0) is 43.5 Å². The van der Waals surface area contributed by atoms with E-state index in [0.29, 0.717) is 17.0 Å². The third-order valence-corrected chi connectivity index (χ3v) is 4.39. The van der Waals surface area contributed by atoms with Gasteiger partial charge in [-0.15, -0.1) is 11.5 Å². The zero-order chi connectivity index (χ0) is 16.7. The lowest BCUT2D eigenvalue weighted by molar-refractivity contribution is 0.870. The highest BCUT2D eigenvalue weighted by atomic mass is 16.1. The molecule has 3 heterocycles. The largest absolute Gasteiger partial charge is 0.342 e. The molecule has 0 spiro atoms. The van der Waals surface area contributed by atoms with Crippen molar-refractivity contribution < 1.29 is 0 Å². The first-order valence-corrected chi connectivity index (χ1v) is 7.98. The Labute approximate surface area is 139 Å². The zero-order valence-electron chi connectivity index (χ0n) is 13.4. The molecule has 0 amide bonds. The maximum atomic E-state index is 12.4. The fourth-order valence-electron chi connectivity index (χ4n) is 3.11. The van der Waals surface area contributed by atoms with E-state index in [0.717, 1.165) is 42.7 Å². The molecule has 0 saturated carbocycles. The second kappa shape index (κ2) is 5.53. The van der Waals surface area contributed by atoms with Gasteiger partial charge in [0.05, 0.1) is 5.69 Å². The van der Waals surface area contributed by atoms with Crippen molar-refractivity contribution in [3.8, 4) is 18.0 Å². The molecule has 6 heteroatoms. The van der Waals surface area contributed by atoms with Crippen LogP contribution in [0.15, 0.2) is 29.2 Å². The molecule has 1 N–H and O–H groups in total. The van der Waals surface area contributed by atoms with E-state index >= 15 is 0 Å². The van der Waals surface area contributed by atoms with Crippen LogP contribution in [0.4, 0.5) is 5.95 Å². The normalized spacial score (nSPS) is 14.2. The van der Waals surface area contributed by atoms with Gasteiger partial charge in [-0.25, -0.2) is 4.68 Å². The van der Waals surface area contributed by atoms with Crippen molar-refractivity contribution in [1.29, 1.82) is 0 Å². The molecule has 0 radical (unpaired) electrons. The fourth-order valence-corrected chi connectivity index (χ4v) is 3.11. The van der Waals surface area contributed by atoms with Gasteiger partial charge in [0.1, 0.15) is 5.39 Å². The smallest absolute Gasteiger partial charge is 0.263 e. The SMILES string of the molecule is C#Cc1ccc(-n2cc3c(=O)[nH]c(N4CCCC4)nc3n2)c(C)c1. The van der Waals surface area contributed by atoms with Gasteiger partial charge in [0.15, 0.2) is 5.65 Å². The maximum absolute atomic E-state index is 12.4. The van der Waals surface area contributed by atoms with Crippen molar-refractivity contribution in [3.63, 3.8) is 0 Å². The van der Waals surface area contributed by atoms with Crippen LogP contribution in [-0.4, -0.2) is 32.8 Å². The second-order valence-corrected chi connectivity index (χ2v) is 6.04. The first kappa shape index (κ1) is 14.5. The topological polar surface area (TPSA) is 66.8 Å². The summed E-state index contributed by atoms with van der Waals surface area (Å²) in [6.07, 6.45) is 9.39. The van der Waals surface area contributed by atoms with Crippen LogP contribution in [0.1, 0.15) is 24.0 Å². The zero-order valence-corrected chi connectivity index (χ0v) is 13.4. The highest BCUT2D eigenvalue weighted by Gasteiger charge is 2.17. The molecule has 3 aromatic rings. The van der Waals surface area contributed by atoms with Crippen LogP contribution in [-0.2, 0) is 0 Å². The Morgan fingerprint density at radius 2 is 2.08 bits per heavy atom. The molecule has 0 unspecified atom stereocenters. The van der Waals surface area contributed by atoms with E-state index in [9.17, 15) is 4.79 Å². The second-order valence-electron chi connectivity index (χ2n) is 6.04. The van der Waals surface area contributed by atoms with E-state index < -0.39 is 0 Å². The van der Waals surface area contributed by atoms with Crippen molar-refractivity contribution in [2.75, 3.05) is 18.0 Å². The Morgan fingerprint density at radius 1 is 1.29 bits per heavy atom. The maximum Gasteiger partial charge on any atom is 0.263 e. The third kappa shape index (κ3) is 2.35. The van der Waals surface area contributed by atoms with Gasteiger partial charge in [-0.1, -0.05) is 5.92 Å². The lowest BCUT2D eigenvalue weighted by atomic mass is 10.1. The Bertz CT molecular complexity index is 1020. The number of hydrogen-bond acceptors (Lipinski definition) is 4. The average molecular weight is 319 g/mol. The predicted octanol–water partition coefficient (Wildman–Crippen LogP) is 2.00. The summed E-state index contributed by atoms with van der Waals surface area (Å²) in [4.78, 5) is 21.9. The lowest BCUT2D eigenvalue weighted by Gasteiger charge is -2.14. The van der Waals surface area contributed by atoms with Crippen LogP contribution < -0.4 is 10.5 Å². The van der Waals surface area contributed by atoms with Crippen LogP contribution in [0.25, 0.3) is 16.7 Å². The molecule has 120 valence electrons. The fraction of sp³-hybridized carbons (Fsp3) is 0.278. The van der Waals surface area contributed by atoms with Gasteiger partial charge in [0.2, 0.25) is 5.95 Å². The van der Waals surface area contributed by atoms with E-state index in [1.54, 1.807) is 10.9 Å². The van der Waals surface area contributed by atoms with Crippen molar-refractivity contribution in [3.05, 3.63) is 45.9 Å². The van der Waals surface area contributed by atoms with Crippen LogP contribution in [0, 0.1) is 19.3 Å². The first-order chi connectivity index (χ1) is 11.7. The number of anilines is 1. The molecule has 0 bridgehead atoms.